The van der Waals surface area contributed by atoms with Crippen LogP contribution >= 0.6 is 15.9 Å². The average molecular weight is 332 g/mol. The van der Waals surface area contributed by atoms with Crippen LogP contribution in [-0.4, -0.2) is 7.11 Å². The minimum Gasteiger partial charge on any atom is -0.497 e. The number of fused-ring (bicyclic) bond motifs is 1. The fourth-order valence-corrected chi connectivity index (χ4v) is 3.19. The van der Waals surface area contributed by atoms with E-state index in [1.807, 2.05) is 12.1 Å². The number of methoxy groups -OCH3 is 1. The fourth-order valence-electron chi connectivity index (χ4n) is 2.78. The van der Waals surface area contributed by atoms with Gasteiger partial charge in [-0.05, 0) is 53.8 Å². The summed E-state index contributed by atoms with van der Waals surface area (Å²) in [5.41, 5.74) is 4.20. The highest BCUT2D eigenvalue weighted by molar-refractivity contribution is 9.10. The molecule has 2 aromatic carbocycles. The lowest BCUT2D eigenvalue weighted by molar-refractivity contribution is 0.414. The lowest BCUT2D eigenvalue weighted by atomic mass is 10.1. The Labute approximate surface area is 128 Å². The SMILES string of the molecule is COc1ccc(CNC2CCc3cc(Br)ccc32)cc1. The molecule has 0 spiro atoms. The number of benzene rings is 2. The van der Waals surface area contributed by atoms with Gasteiger partial charge in [-0.25, -0.2) is 0 Å². The summed E-state index contributed by atoms with van der Waals surface area (Å²) < 4.78 is 6.35. The molecule has 0 fully saturated rings. The van der Waals surface area contributed by atoms with Gasteiger partial charge in [0.25, 0.3) is 0 Å². The van der Waals surface area contributed by atoms with Crippen molar-refractivity contribution in [3.8, 4) is 5.75 Å². The second kappa shape index (κ2) is 5.98. The van der Waals surface area contributed by atoms with Crippen LogP contribution in [0, 0.1) is 0 Å². The zero-order valence-electron chi connectivity index (χ0n) is 11.5. The van der Waals surface area contributed by atoms with Crippen LogP contribution in [-0.2, 0) is 13.0 Å². The molecule has 20 heavy (non-hydrogen) atoms. The van der Waals surface area contributed by atoms with Crippen molar-refractivity contribution >= 4 is 15.9 Å². The molecule has 3 rings (SSSR count). The third-order valence-electron chi connectivity index (χ3n) is 3.89. The average Bonchev–Trinajstić information content (AvgIpc) is 2.88. The van der Waals surface area contributed by atoms with Crippen LogP contribution in [0.2, 0.25) is 0 Å². The quantitative estimate of drug-likeness (QED) is 0.904. The molecule has 2 aromatic rings. The predicted molar refractivity (Wildman–Crippen MR) is 85.0 cm³/mol. The van der Waals surface area contributed by atoms with Gasteiger partial charge in [0, 0.05) is 17.1 Å². The lowest BCUT2D eigenvalue weighted by Gasteiger charge is -2.14. The second-order valence-electron chi connectivity index (χ2n) is 5.16. The fraction of sp³-hybridized carbons (Fsp3) is 0.294. The van der Waals surface area contributed by atoms with Crippen molar-refractivity contribution in [1.82, 2.24) is 5.32 Å². The number of ether oxygens (including phenoxy) is 1. The molecule has 0 saturated heterocycles. The van der Waals surface area contributed by atoms with Crippen molar-refractivity contribution in [2.24, 2.45) is 0 Å². The molecule has 0 amide bonds. The van der Waals surface area contributed by atoms with Crippen molar-refractivity contribution < 1.29 is 4.74 Å². The Hall–Kier alpha value is -1.32. The highest BCUT2D eigenvalue weighted by Crippen LogP contribution is 2.33. The van der Waals surface area contributed by atoms with E-state index in [4.69, 9.17) is 4.74 Å². The summed E-state index contributed by atoms with van der Waals surface area (Å²) in [6.45, 7) is 0.893. The molecule has 0 aliphatic heterocycles. The van der Waals surface area contributed by atoms with Crippen LogP contribution in [0.1, 0.15) is 29.2 Å². The third-order valence-corrected chi connectivity index (χ3v) is 4.39. The highest BCUT2D eigenvalue weighted by Gasteiger charge is 2.21. The van der Waals surface area contributed by atoms with Crippen molar-refractivity contribution in [2.45, 2.75) is 25.4 Å². The van der Waals surface area contributed by atoms with Crippen LogP contribution < -0.4 is 10.1 Å². The van der Waals surface area contributed by atoms with E-state index in [0.717, 1.165) is 18.7 Å². The molecule has 1 unspecified atom stereocenters. The Kier molecular flexibility index (Phi) is 4.08. The molecule has 104 valence electrons. The summed E-state index contributed by atoms with van der Waals surface area (Å²) >= 11 is 3.54. The van der Waals surface area contributed by atoms with Gasteiger partial charge in [-0.3, -0.25) is 0 Å². The van der Waals surface area contributed by atoms with Gasteiger partial charge < -0.3 is 10.1 Å². The number of rotatable bonds is 4. The summed E-state index contributed by atoms with van der Waals surface area (Å²) in [5, 5.41) is 3.65. The molecule has 3 heteroatoms. The molecular weight excluding hydrogens is 314 g/mol. The molecule has 0 heterocycles. The largest absolute Gasteiger partial charge is 0.497 e. The minimum atomic E-state index is 0.472. The van der Waals surface area contributed by atoms with Gasteiger partial charge in [0.15, 0.2) is 0 Å². The number of hydrogen-bond acceptors (Lipinski definition) is 2. The van der Waals surface area contributed by atoms with E-state index in [-0.39, 0.29) is 0 Å². The number of hydrogen-bond donors (Lipinski definition) is 1. The number of nitrogens with one attached hydrogen (secondary N) is 1. The second-order valence-corrected chi connectivity index (χ2v) is 6.08. The Morgan fingerprint density at radius 3 is 2.75 bits per heavy atom. The van der Waals surface area contributed by atoms with E-state index in [9.17, 15) is 0 Å². The zero-order valence-corrected chi connectivity index (χ0v) is 13.1. The highest BCUT2D eigenvalue weighted by atomic mass is 79.9. The number of aryl methyl sites for hydroxylation is 1. The number of halogens is 1. The van der Waals surface area contributed by atoms with Gasteiger partial charge >= 0.3 is 0 Å². The maximum atomic E-state index is 5.18. The van der Waals surface area contributed by atoms with Crippen molar-refractivity contribution in [3.05, 3.63) is 63.6 Å². The first kappa shape index (κ1) is 13.7. The zero-order chi connectivity index (χ0) is 13.9. The van der Waals surface area contributed by atoms with E-state index >= 15 is 0 Å². The Morgan fingerprint density at radius 1 is 1.20 bits per heavy atom. The van der Waals surface area contributed by atoms with Crippen molar-refractivity contribution in [3.63, 3.8) is 0 Å². The van der Waals surface area contributed by atoms with Gasteiger partial charge in [0.1, 0.15) is 5.75 Å². The van der Waals surface area contributed by atoms with E-state index in [1.54, 1.807) is 7.11 Å². The van der Waals surface area contributed by atoms with Crippen LogP contribution in [0.4, 0.5) is 0 Å². The Morgan fingerprint density at radius 2 is 2.00 bits per heavy atom. The molecule has 0 bridgehead atoms. The molecule has 1 aliphatic carbocycles. The topological polar surface area (TPSA) is 21.3 Å². The van der Waals surface area contributed by atoms with E-state index < -0.39 is 0 Å². The molecule has 1 atom stereocenters. The van der Waals surface area contributed by atoms with Crippen LogP contribution in [0.15, 0.2) is 46.9 Å². The van der Waals surface area contributed by atoms with E-state index in [0.29, 0.717) is 6.04 Å². The van der Waals surface area contributed by atoms with Crippen molar-refractivity contribution in [1.29, 1.82) is 0 Å². The molecule has 1 N–H and O–H groups in total. The van der Waals surface area contributed by atoms with Gasteiger partial charge in [0.2, 0.25) is 0 Å². The first-order valence-corrected chi connectivity index (χ1v) is 7.70. The van der Waals surface area contributed by atoms with Crippen LogP contribution in [0.25, 0.3) is 0 Å². The maximum Gasteiger partial charge on any atom is 0.118 e. The molecule has 0 aromatic heterocycles. The molecule has 0 radical (unpaired) electrons. The third kappa shape index (κ3) is 2.89. The van der Waals surface area contributed by atoms with Crippen LogP contribution in [0.3, 0.4) is 0 Å². The molecule has 0 saturated carbocycles. The van der Waals surface area contributed by atoms with Gasteiger partial charge in [0.05, 0.1) is 7.11 Å². The molecule has 2 nitrogen and oxygen atoms in total. The first-order chi connectivity index (χ1) is 9.76. The van der Waals surface area contributed by atoms with E-state index in [2.05, 4.69) is 51.6 Å². The monoisotopic (exact) mass is 331 g/mol. The molecule has 1 aliphatic rings. The van der Waals surface area contributed by atoms with Crippen LogP contribution in [0.5, 0.6) is 5.75 Å². The predicted octanol–water partition coefficient (Wildman–Crippen LogP) is 4.23. The van der Waals surface area contributed by atoms with Gasteiger partial charge in [-0.15, -0.1) is 0 Å². The summed E-state index contributed by atoms with van der Waals surface area (Å²) in [6, 6.07) is 15.3. The normalized spacial score (nSPS) is 17.0. The summed E-state index contributed by atoms with van der Waals surface area (Å²) in [4.78, 5) is 0. The van der Waals surface area contributed by atoms with E-state index in [1.165, 1.54) is 27.6 Å². The van der Waals surface area contributed by atoms with Crippen molar-refractivity contribution in [2.75, 3.05) is 7.11 Å². The first-order valence-electron chi connectivity index (χ1n) is 6.91. The Bertz CT molecular complexity index is 594. The maximum absolute atomic E-state index is 5.18. The summed E-state index contributed by atoms with van der Waals surface area (Å²) in [7, 11) is 1.70. The summed E-state index contributed by atoms with van der Waals surface area (Å²) in [6.07, 6.45) is 2.34. The summed E-state index contributed by atoms with van der Waals surface area (Å²) in [5.74, 6) is 0.907. The Balaban J connectivity index is 1.65. The van der Waals surface area contributed by atoms with Gasteiger partial charge in [-0.1, -0.05) is 34.1 Å². The lowest BCUT2D eigenvalue weighted by Crippen LogP contribution is -2.18. The standard InChI is InChI=1S/C17H18BrNO/c1-20-15-6-2-12(3-7-15)11-19-17-9-4-13-10-14(18)5-8-16(13)17/h2-3,5-8,10,17,19H,4,9,11H2,1H3. The minimum absolute atomic E-state index is 0.472. The smallest absolute Gasteiger partial charge is 0.118 e. The molecular formula is C17H18BrNO. The van der Waals surface area contributed by atoms with Gasteiger partial charge in [-0.2, -0.15) is 0 Å².